The van der Waals surface area contributed by atoms with E-state index in [2.05, 4.69) is 10.6 Å². The van der Waals surface area contributed by atoms with Crippen LogP contribution in [-0.4, -0.2) is 38.3 Å². The predicted molar refractivity (Wildman–Crippen MR) is 61.3 cm³/mol. The number of amides is 1. The fourth-order valence-corrected chi connectivity index (χ4v) is 1.80. The predicted octanol–water partition coefficient (Wildman–Crippen LogP) is 0.822. The molecule has 104 valence electrons. The summed E-state index contributed by atoms with van der Waals surface area (Å²) in [6.45, 7) is 1.92. The average molecular weight is 274 g/mol. The molecular weight excluding hydrogens is 261 g/mol. The lowest BCUT2D eigenvalue weighted by Gasteiger charge is -2.23. The SMILES string of the molecule is O=C(NCC1CNCCO1)c1c(F)cc(F)cc1F. The van der Waals surface area contributed by atoms with Gasteiger partial charge in [-0.25, -0.2) is 13.2 Å². The molecule has 1 aromatic carbocycles. The second-order valence-electron chi connectivity index (χ2n) is 4.15. The Labute approximate surface area is 107 Å². The molecule has 0 aromatic heterocycles. The Morgan fingerprint density at radius 2 is 2.05 bits per heavy atom. The van der Waals surface area contributed by atoms with Gasteiger partial charge < -0.3 is 15.4 Å². The van der Waals surface area contributed by atoms with Crippen LogP contribution < -0.4 is 10.6 Å². The van der Waals surface area contributed by atoms with Crippen LogP contribution in [0, 0.1) is 17.5 Å². The number of rotatable bonds is 3. The summed E-state index contributed by atoms with van der Waals surface area (Å²) in [7, 11) is 0. The van der Waals surface area contributed by atoms with Crippen molar-refractivity contribution in [1.29, 1.82) is 0 Å². The van der Waals surface area contributed by atoms with Crippen molar-refractivity contribution >= 4 is 5.91 Å². The van der Waals surface area contributed by atoms with E-state index in [0.29, 0.717) is 25.3 Å². The third-order valence-electron chi connectivity index (χ3n) is 2.73. The first-order chi connectivity index (χ1) is 9.08. The van der Waals surface area contributed by atoms with Crippen molar-refractivity contribution in [2.75, 3.05) is 26.2 Å². The summed E-state index contributed by atoms with van der Waals surface area (Å²) in [5.74, 6) is -4.44. The Balaban J connectivity index is 1.99. The zero-order chi connectivity index (χ0) is 13.8. The molecule has 1 saturated heterocycles. The van der Waals surface area contributed by atoms with Crippen LogP contribution in [0.1, 0.15) is 10.4 Å². The van der Waals surface area contributed by atoms with E-state index in [0.717, 1.165) is 6.54 Å². The van der Waals surface area contributed by atoms with Gasteiger partial charge in [0, 0.05) is 31.8 Å². The Morgan fingerprint density at radius 1 is 1.37 bits per heavy atom. The molecule has 0 radical (unpaired) electrons. The third kappa shape index (κ3) is 3.45. The fourth-order valence-electron chi connectivity index (χ4n) is 1.80. The van der Waals surface area contributed by atoms with Gasteiger partial charge in [0.05, 0.1) is 12.7 Å². The summed E-state index contributed by atoms with van der Waals surface area (Å²) >= 11 is 0. The highest BCUT2D eigenvalue weighted by molar-refractivity contribution is 5.94. The van der Waals surface area contributed by atoms with E-state index in [-0.39, 0.29) is 12.6 Å². The van der Waals surface area contributed by atoms with Crippen molar-refractivity contribution in [3.63, 3.8) is 0 Å². The highest BCUT2D eigenvalue weighted by Gasteiger charge is 2.20. The molecule has 1 aliphatic rings. The van der Waals surface area contributed by atoms with Crippen molar-refractivity contribution < 1.29 is 22.7 Å². The second-order valence-corrected chi connectivity index (χ2v) is 4.15. The lowest BCUT2D eigenvalue weighted by Crippen LogP contribution is -2.45. The molecule has 1 amide bonds. The average Bonchev–Trinajstić information content (AvgIpc) is 2.36. The van der Waals surface area contributed by atoms with Gasteiger partial charge >= 0.3 is 0 Å². The molecule has 0 saturated carbocycles. The van der Waals surface area contributed by atoms with E-state index in [1.165, 1.54) is 0 Å². The molecular formula is C12H13F3N2O2. The fraction of sp³-hybridized carbons (Fsp3) is 0.417. The van der Waals surface area contributed by atoms with Crippen LogP contribution in [0.4, 0.5) is 13.2 Å². The molecule has 1 unspecified atom stereocenters. The van der Waals surface area contributed by atoms with Gasteiger partial charge in [-0.1, -0.05) is 0 Å². The van der Waals surface area contributed by atoms with Crippen molar-refractivity contribution in [2.24, 2.45) is 0 Å². The number of nitrogens with one attached hydrogen (secondary N) is 2. The number of carbonyl (C=O) groups excluding carboxylic acids is 1. The van der Waals surface area contributed by atoms with Crippen LogP contribution in [0.3, 0.4) is 0 Å². The summed E-state index contributed by atoms with van der Waals surface area (Å²) in [6, 6.07) is 0.938. The number of ether oxygens (including phenoxy) is 1. The minimum absolute atomic E-state index is 0.127. The lowest BCUT2D eigenvalue weighted by atomic mass is 10.1. The highest BCUT2D eigenvalue weighted by atomic mass is 19.1. The van der Waals surface area contributed by atoms with E-state index >= 15 is 0 Å². The maximum absolute atomic E-state index is 13.3. The van der Waals surface area contributed by atoms with Gasteiger partial charge in [-0.2, -0.15) is 0 Å². The van der Waals surface area contributed by atoms with Crippen molar-refractivity contribution in [2.45, 2.75) is 6.10 Å². The van der Waals surface area contributed by atoms with Crippen molar-refractivity contribution in [3.8, 4) is 0 Å². The monoisotopic (exact) mass is 274 g/mol. The van der Waals surface area contributed by atoms with Crippen LogP contribution in [-0.2, 0) is 4.74 Å². The molecule has 2 rings (SSSR count). The molecule has 2 N–H and O–H groups in total. The highest BCUT2D eigenvalue weighted by Crippen LogP contribution is 2.14. The number of carbonyl (C=O) groups is 1. The van der Waals surface area contributed by atoms with Crippen LogP contribution in [0.25, 0.3) is 0 Å². The Morgan fingerprint density at radius 3 is 2.63 bits per heavy atom. The number of morpholine rings is 1. The molecule has 0 bridgehead atoms. The number of hydrogen-bond acceptors (Lipinski definition) is 3. The molecule has 19 heavy (non-hydrogen) atoms. The van der Waals surface area contributed by atoms with Gasteiger partial charge in [0.2, 0.25) is 0 Å². The van der Waals surface area contributed by atoms with Gasteiger partial charge in [-0.15, -0.1) is 0 Å². The zero-order valence-corrected chi connectivity index (χ0v) is 10.0. The summed E-state index contributed by atoms with van der Waals surface area (Å²) in [6.07, 6.45) is -0.246. The number of halogens is 3. The van der Waals surface area contributed by atoms with E-state index in [1.807, 2.05) is 0 Å². The van der Waals surface area contributed by atoms with Crippen LogP contribution in [0.2, 0.25) is 0 Å². The molecule has 1 aromatic rings. The molecule has 1 aliphatic heterocycles. The largest absolute Gasteiger partial charge is 0.374 e. The Bertz CT molecular complexity index is 453. The topological polar surface area (TPSA) is 50.4 Å². The molecule has 0 spiro atoms. The molecule has 7 heteroatoms. The quantitative estimate of drug-likeness (QED) is 0.858. The van der Waals surface area contributed by atoms with Crippen LogP contribution in [0.15, 0.2) is 12.1 Å². The van der Waals surface area contributed by atoms with Crippen LogP contribution >= 0.6 is 0 Å². The van der Waals surface area contributed by atoms with E-state index in [9.17, 15) is 18.0 Å². The lowest BCUT2D eigenvalue weighted by molar-refractivity contribution is 0.0286. The molecule has 4 nitrogen and oxygen atoms in total. The van der Waals surface area contributed by atoms with Crippen molar-refractivity contribution in [1.82, 2.24) is 10.6 Å². The summed E-state index contributed by atoms with van der Waals surface area (Å²) in [5, 5.41) is 5.42. The van der Waals surface area contributed by atoms with Gasteiger partial charge in [-0.3, -0.25) is 4.79 Å². The third-order valence-corrected chi connectivity index (χ3v) is 2.73. The normalized spacial score (nSPS) is 19.2. The summed E-state index contributed by atoms with van der Waals surface area (Å²) in [4.78, 5) is 11.7. The van der Waals surface area contributed by atoms with Gasteiger partial charge in [-0.05, 0) is 0 Å². The van der Waals surface area contributed by atoms with Gasteiger partial charge in [0.15, 0.2) is 0 Å². The number of benzene rings is 1. The maximum atomic E-state index is 13.3. The minimum Gasteiger partial charge on any atom is -0.374 e. The second kappa shape index (κ2) is 6.03. The zero-order valence-electron chi connectivity index (χ0n) is 10.0. The first-order valence-corrected chi connectivity index (χ1v) is 5.83. The van der Waals surface area contributed by atoms with Gasteiger partial charge in [0.25, 0.3) is 5.91 Å². The first-order valence-electron chi connectivity index (χ1n) is 5.83. The van der Waals surface area contributed by atoms with Crippen molar-refractivity contribution in [3.05, 3.63) is 35.1 Å². The van der Waals surface area contributed by atoms with E-state index < -0.39 is 28.9 Å². The molecule has 1 heterocycles. The maximum Gasteiger partial charge on any atom is 0.257 e. The van der Waals surface area contributed by atoms with Gasteiger partial charge in [0.1, 0.15) is 23.0 Å². The smallest absolute Gasteiger partial charge is 0.257 e. The summed E-state index contributed by atoms with van der Waals surface area (Å²) in [5.41, 5.74) is -0.787. The summed E-state index contributed by atoms with van der Waals surface area (Å²) < 4.78 is 44.7. The molecule has 0 aliphatic carbocycles. The Kier molecular flexibility index (Phi) is 4.39. The Hall–Kier alpha value is -1.60. The number of hydrogen-bond donors (Lipinski definition) is 2. The van der Waals surface area contributed by atoms with E-state index in [1.54, 1.807) is 0 Å². The minimum atomic E-state index is -1.22. The first kappa shape index (κ1) is 13.8. The standard InChI is InChI=1S/C12H13F3N2O2/c13-7-3-9(14)11(10(15)4-7)12(18)17-6-8-5-16-1-2-19-8/h3-4,8,16H,1-2,5-6H2,(H,17,18). The van der Waals surface area contributed by atoms with Crippen LogP contribution in [0.5, 0.6) is 0 Å². The molecule has 1 fully saturated rings. The molecule has 1 atom stereocenters. The van der Waals surface area contributed by atoms with E-state index in [4.69, 9.17) is 4.74 Å².